The smallest absolute Gasteiger partial charge is 0.236 e. The van der Waals surface area contributed by atoms with Crippen molar-refractivity contribution in [2.24, 2.45) is 0 Å². The van der Waals surface area contributed by atoms with Crippen LogP contribution in [0.4, 0.5) is 0 Å². The fraction of sp³-hybridized carbons (Fsp3) is 0.500. The monoisotopic (exact) mass is 371 g/mol. The quantitative estimate of drug-likeness (QED) is 0.887. The van der Waals surface area contributed by atoms with Gasteiger partial charge in [-0.25, -0.2) is 4.98 Å². The highest BCUT2D eigenvalue weighted by atomic mass is 35.5. The SMILES string of the molecule is CNCC(=O)N1CCCN(Cc2cn3cc(Cl)ccc3n2)CC1.Cl. The summed E-state index contributed by atoms with van der Waals surface area (Å²) in [7, 11) is 1.80. The zero-order valence-electron chi connectivity index (χ0n) is 13.7. The molecule has 0 aromatic carbocycles. The van der Waals surface area contributed by atoms with Crippen LogP contribution in [-0.2, 0) is 11.3 Å². The lowest BCUT2D eigenvalue weighted by molar-refractivity contribution is -0.130. The van der Waals surface area contributed by atoms with E-state index in [2.05, 4.69) is 15.2 Å². The summed E-state index contributed by atoms with van der Waals surface area (Å²) in [4.78, 5) is 20.9. The predicted octanol–water partition coefficient (Wildman–Crippen LogP) is 1.66. The van der Waals surface area contributed by atoms with Crippen LogP contribution in [-0.4, -0.2) is 64.9 Å². The average Bonchev–Trinajstić information content (AvgIpc) is 2.75. The van der Waals surface area contributed by atoms with Crippen molar-refractivity contribution in [2.45, 2.75) is 13.0 Å². The number of pyridine rings is 1. The molecule has 1 saturated heterocycles. The van der Waals surface area contributed by atoms with Crippen LogP contribution in [0.25, 0.3) is 5.65 Å². The minimum absolute atomic E-state index is 0. The zero-order chi connectivity index (χ0) is 16.2. The molecule has 132 valence electrons. The predicted molar refractivity (Wildman–Crippen MR) is 97.9 cm³/mol. The minimum Gasteiger partial charge on any atom is -0.340 e. The first kappa shape index (κ1) is 19.0. The lowest BCUT2D eigenvalue weighted by atomic mass is 10.3. The van der Waals surface area contributed by atoms with E-state index in [9.17, 15) is 4.79 Å². The van der Waals surface area contributed by atoms with Crippen LogP contribution in [0.5, 0.6) is 0 Å². The summed E-state index contributed by atoms with van der Waals surface area (Å²) < 4.78 is 1.96. The second-order valence-electron chi connectivity index (χ2n) is 5.89. The summed E-state index contributed by atoms with van der Waals surface area (Å²) in [5.74, 6) is 0.178. The first-order chi connectivity index (χ1) is 11.2. The third-order valence-corrected chi connectivity index (χ3v) is 4.34. The van der Waals surface area contributed by atoms with Crippen LogP contribution in [0.2, 0.25) is 5.02 Å². The summed E-state index contributed by atoms with van der Waals surface area (Å²) in [6.45, 7) is 4.68. The maximum absolute atomic E-state index is 12.0. The first-order valence-electron chi connectivity index (χ1n) is 7.93. The molecule has 8 heteroatoms. The fourth-order valence-corrected chi connectivity index (χ4v) is 3.13. The van der Waals surface area contributed by atoms with Gasteiger partial charge in [-0.1, -0.05) is 11.6 Å². The maximum atomic E-state index is 12.0. The van der Waals surface area contributed by atoms with E-state index in [1.165, 1.54) is 0 Å². The van der Waals surface area contributed by atoms with Crippen LogP contribution in [0.3, 0.4) is 0 Å². The number of aromatic nitrogens is 2. The molecule has 2 aromatic rings. The number of hydrogen-bond acceptors (Lipinski definition) is 4. The van der Waals surface area contributed by atoms with Crippen LogP contribution < -0.4 is 5.32 Å². The number of nitrogens with zero attached hydrogens (tertiary/aromatic N) is 4. The Labute approximate surface area is 153 Å². The topological polar surface area (TPSA) is 52.9 Å². The highest BCUT2D eigenvalue weighted by molar-refractivity contribution is 6.30. The van der Waals surface area contributed by atoms with Gasteiger partial charge in [0.2, 0.25) is 5.91 Å². The van der Waals surface area contributed by atoms with Gasteiger partial charge in [-0.3, -0.25) is 9.69 Å². The number of carbonyl (C=O) groups is 1. The van der Waals surface area contributed by atoms with Crippen molar-refractivity contribution in [1.82, 2.24) is 24.5 Å². The molecule has 6 nitrogen and oxygen atoms in total. The van der Waals surface area contributed by atoms with Crippen molar-refractivity contribution in [2.75, 3.05) is 39.8 Å². The number of fused-ring (bicyclic) bond motifs is 1. The Morgan fingerprint density at radius 1 is 1.25 bits per heavy atom. The Morgan fingerprint density at radius 3 is 2.88 bits per heavy atom. The van der Waals surface area contributed by atoms with Crippen LogP contribution in [0.1, 0.15) is 12.1 Å². The van der Waals surface area contributed by atoms with E-state index < -0.39 is 0 Å². The van der Waals surface area contributed by atoms with E-state index in [0.717, 1.165) is 50.5 Å². The summed E-state index contributed by atoms with van der Waals surface area (Å²) >= 11 is 6.01. The molecule has 0 aliphatic carbocycles. The summed E-state index contributed by atoms with van der Waals surface area (Å²) in [5, 5.41) is 3.63. The van der Waals surface area contributed by atoms with E-state index in [4.69, 9.17) is 11.6 Å². The van der Waals surface area contributed by atoms with E-state index >= 15 is 0 Å². The largest absolute Gasteiger partial charge is 0.340 e. The molecule has 24 heavy (non-hydrogen) atoms. The highest BCUT2D eigenvalue weighted by Gasteiger charge is 2.19. The summed E-state index contributed by atoms with van der Waals surface area (Å²) in [6.07, 6.45) is 4.89. The van der Waals surface area contributed by atoms with Crippen LogP contribution in [0.15, 0.2) is 24.5 Å². The van der Waals surface area contributed by atoms with Gasteiger partial charge in [0.15, 0.2) is 0 Å². The molecule has 3 heterocycles. The van der Waals surface area contributed by atoms with Crippen molar-refractivity contribution in [1.29, 1.82) is 0 Å². The Hall–Kier alpha value is -1.34. The Bertz CT molecular complexity index is 690. The van der Waals surface area contributed by atoms with Gasteiger partial charge >= 0.3 is 0 Å². The van der Waals surface area contributed by atoms with Gasteiger partial charge in [-0.05, 0) is 25.6 Å². The number of nitrogens with one attached hydrogen (secondary N) is 1. The maximum Gasteiger partial charge on any atom is 0.236 e. The Balaban J connectivity index is 0.00000208. The van der Waals surface area contributed by atoms with Gasteiger partial charge in [0.05, 0.1) is 17.3 Å². The summed E-state index contributed by atoms with van der Waals surface area (Å²) in [6, 6.07) is 3.78. The van der Waals surface area contributed by atoms with E-state index in [-0.39, 0.29) is 18.3 Å². The van der Waals surface area contributed by atoms with Gasteiger partial charge in [0.25, 0.3) is 0 Å². The van der Waals surface area contributed by atoms with Crippen molar-refractivity contribution < 1.29 is 4.79 Å². The molecule has 0 atom stereocenters. The molecule has 0 spiro atoms. The molecule has 1 amide bonds. The van der Waals surface area contributed by atoms with Crippen molar-refractivity contribution in [3.8, 4) is 0 Å². The number of hydrogen-bond donors (Lipinski definition) is 1. The van der Waals surface area contributed by atoms with Crippen molar-refractivity contribution >= 4 is 35.6 Å². The van der Waals surface area contributed by atoms with Crippen molar-refractivity contribution in [3.05, 3.63) is 35.2 Å². The third kappa shape index (κ3) is 4.60. The number of likely N-dealkylation sites (N-methyl/N-ethyl adjacent to an activating group) is 1. The first-order valence-corrected chi connectivity index (χ1v) is 8.31. The second-order valence-corrected chi connectivity index (χ2v) is 6.32. The fourth-order valence-electron chi connectivity index (χ4n) is 2.96. The van der Waals surface area contributed by atoms with Gasteiger partial charge < -0.3 is 14.6 Å². The van der Waals surface area contributed by atoms with E-state index in [1.54, 1.807) is 7.05 Å². The molecule has 2 aromatic heterocycles. The summed E-state index contributed by atoms with van der Waals surface area (Å²) in [5.41, 5.74) is 1.94. The Kier molecular flexibility index (Phi) is 6.86. The van der Waals surface area contributed by atoms with Gasteiger partial charge in [-0.2, -0.15) is 0 Å². The molecular formula is C16H23Cl2N5O. The van der Waals surface area contributed by atoms with E-state index in [1.807, 2.05) is 33.8 Å². The van der Waals surface area contributed by atoms with Crippen LogP contribution in [0, 0.1) is 0 Å². The number of halogens is 2. The molecule has 1 aliphatic heterocycles. The Morgan fingerprint density at radius 2 is 2.08 bits per heavy atom. The third-order valence-electron chi connectivity index (χ3n) is 4.12. The lowest BCUT2D eigenvalue weighted by Crippen LogP contribution is -2.39. The van der Waals surface area contributed by atoms with Gasteiger partial charge in [0.1, 0.15) is 5.65 Å². The average molecular weight is 372 g/mol. The molecule has 0 bridgehead atoms. The highest BCUT2D eigenvalue weighted by Crippen LogP contribution is 2.14. The lowest BCUT2D eigenvalue weighted by Gasteiger charge is -2.21. The minimum atomic E-state index is 0. The van der Waals surface area contributed by atoms with Crippen molar-refractivity contribution in [3.63, 3.8) is 0 Å². The normalized spacial score (nSPS) is 16.0. The molecule has 3 rings (SSSR count). The molecular weight excluding hydrogens is 349 g/mol. The molecule has 1 aliphatic rings. The van der Waals surface area contributed by atoms with Gasteiger partial charge in [-0.15, -0.1) is 12.4 Å². The van der Waals surface area contributed by atoms with E-state index in [0.29, 0.717) is 11.6 Å². The molecule has 1 N–H and O–H groups in total. The molecule has 0 saturated carbocycles. The molecule has 0 radical (unpaired) electrons. The van der Waals surface area contributed by atoms with Crippen LogP contribution >= 0.6 is 24.0 Å². The van der Waals surface area contributed by atoms with Gasteiger partial charge in [0, 0.05) is 45.1 Å². The number of imidazole rings is 1. The number of amides is 1. The zero-order valence-corrected chi connectivity index (χ0v) is 15.3. The second kappa shape index (κ2) is 8.67. The molecule has 1 fully saturated rings. The standard InChI is InChI=1S/C16H22ClN5O.ClH/c1-18-9-16(23)21-6-2-5-20(7-8-21)11-14-12-22-10-13(17)3-4-15(22)19-14;/h3-4,10,12,18H,2,5-9,11H2,1H3;1H. The number of carbonyl (C=O) groups excluding carboxylic acids is 1. The molecule has 0 unspecified atom stereocenters. The number of rotatable bonds is 4.